The maximum Gasteiger partial charge on any atom is 0.311 e. The normalized spacial score (nSPS) is 15.9. The lowest BCUT2D eigenvalue weighted by Gasteiger charge is -2.17. The van der Waals surface area contributed by atoms with Gasteiger partial charge in [0.05, 0.1) is 12.0 Å². The van der Waals surface area contributed by atoms with Gasteiger partial charge in [-0.15, -0.1) is 0 Å². The SMILES string of the molecule is CC(C)Oc1ccc(N2C[C@@H](C(=O)OCC(=O)Nc3ccc(F)cc3)CC2=O)cc1. The molecule has 1 fully saturated rings. The van der Waals surface area contributed by atoms with Gasteiger partial charge in [0, 0.05) is 24.3 Å². The third-order valence-electron chi connectivity index (χ3n) is 4.45. The number of hydrogen-bond acceptors (Lipinski definition) is 5. The third kappa shape index (κ3) is 5.56. The van der Waals surface area contributed by atoms with E-state index in [0.29, 0.717) is 17.1 Å². The number of hydrogen-bond donors (Lipinski definition) is 1. The molecule has 158 valence electrons. The van der Waals surface area contributed by atoms with Crippen molar-refractivity contribution < 1.29 is 28.2 Å². The lowest BCUT2D eigenvalue weighted by Crippen LogP contribution is -2.28. The molecule has 7 nitrogen and oxygen atoms in total. The van der Waals surface area contributed by atoms with Crippen LogP contribution < -0.4 is 15.0 Å². The molecule has 1 heterocycles. The van der Waals surface area contributed by atoms with Gasteiger partial charge in [-0.2, -0.15) is 0 Å². The van der Waals surface area contributed by atoms with E-state index >= 15 is 0 Å². The molecule has 30 heavy (non-hydrogen) atoms. The molecule has 0 saturated carbocycles. The van der Waals surface area contributed by atoms with E-state index in [9.17, 15) is 18.8 Å². The molecular formula is C22H23FN2O5. The summed E-state index contributed by atoms with van der Waals surface area (Å²) in [6, 6.07) is 12.3. The predicted molar refractivity (Wildman–Crippen MR) is 109 cm³/mol. The number of halogens is 1. The van der Waals surface area contributed by atoms with E-state index in [1.807, 2.05) is 13.8 Å². The molecule has 0 bridgehead atoms. The molecule has 1 aliphatic heterocycles. The molecule has 0 radical (unpaired) electrons. The zero-order chi connectivity index (χ0) is 21.7. The first kappa shape index (κ1) is 21.3. The highest BCUT2D eigenvalue weighted by atomic mass is 19.1. The lowest BCUT2D eigenvalue weighted by atomic mass is 10.1. The van der Waals surface area contributed by atoms with Crippen molar-refractivity contribution in [2.75, 3.05) is 23.4 Å². The zero-order valence-corrected chi connectivity index (χ0v) is 16.8. The van der Waals surface area contributed by atoms with Gasteiger partial charge in [-0.3, -0.25) is 14.4 Å². The van der Waals surface area contributed by atoms with Crippen molar-refractivity contribution in [2.24, 2.45) is 5.92 Å². The van der Waals surface area contributed by atoms with E-state index in [1.54, 1.807) is 24.3 Å². The monoisotopic (exact) mass is 414 g/mol. The summed E-state index contributed by atoms with van der Waals surface area (Å²) in [6.07, 6.45) is 0.0616. The first-order valence-electron chi connectivity index (χ1n) is 9.61. The number of carbonyl (C=O) groups is 3. The summed E-state index contributed by atoms with van der Waals surface area (Å²) >= 11 is 0. The molecule has 1 atom stereocenters. The van der Waals surface area contributed by atoms with Crippen molar-refractivity contribution >= 4 is 29.2 Å². The van der Waals surface area contributed by atoms with E-state index in [-0.39, 0.29) is 25.0 Å². The van der Waals surface area contributed by atoms with Gasteiger partial charge in [0.15, 0.2) is 6.61 Å². The van der Waals surface area contributed by atoms with Crippen LogP contribution in [0.5, 0.6) is 5.75 Å². The molecule has 0 aliphatic carbocycles. The Hall–Kier alpha value is -3.42. The molecule has 2 aromatic carbocycles. The molecule has 1 aliphatic rings. The smallest absolute Gasteiger partial charge is 0.311 e. The first-order valence-corrected chi connectivity index (χ1v) is 9.61. The second-order valence-corrected chi connectivity index (χ2v) is 7.23. The van der Waals surface area contributed by atoms with E-state index in [4.69, 9.17) is 9.47 Å². The Morgan fingerprint density at radius 3 is 2.43 bits per heavy atom. The van der Waals surface area contributed by atoms with Gasteiger partial charge in [0.1, 0.15) is 11.6 Å². The molecule has 2 amide bonds. The average Bonchev–Trinajstić information content (AvgIpc) is 3.10. The Morgan fingerprint density at radius 2 is 1.80 bits per heavy atom. The van der Waals surface area contributed by atoms with Crippen LogP contribution in [0.3, 0.4) is 0 Å². The Morgan fingerprint density at radius 1 is 1.13 bits per heavy atom. The largest absolute Gasteiger partial charge is 0.491 e. The van der Waals surface area contributed by atoms with Gasteiger partial charge in [-0.25, -0.2) is 4.39 Å². The first-order chi connectivity index (χ1) is 14.3. The summed E-state index contributed by atoms with van der Waals surface area (Å²) in [7, 11) is 0. The van der Waals surface area contributed by atoms with Gasteiger partial charge in [0.25, 0.3) is 5.91 Å². The maximum absolute atomic E-state index is 12.9. The Kier molecular flexibility index (Phi) is 6.66. The molecule has 0 spiro atoms. The summed E-state index contributed by atoms with van der Waals surface area (Å²) in [5, 5.41) is 2.51. The van der Waals surface area contributed by atoms with Crippen LogP contribution in [-0.4, -0.2) is 37.0 Å². The number of benzene rings is 2. The average molecular weight is 414 g/mol. The minimum absolute atomic E-state index is 0.0165. The second kappa shape index (κ2) is 9.39. The molecule has 1 N–H and O–H groups in total. The third-order valence-corrected chi connectivity index (χ3v) is 4.45. The van der Waals surface area contributed by atoms with Crippen LogP contribution in [0.15, 0.2) is 48.5 Å². The summed E-state index contributed by atoms with van der Waals surface area (Å²) in [5.74, 6) is -1.72. The molecule has 3 rings (SSSR count). The van der Waals surface area contributed by atoms with Crippen LogP contribution >= 0.6 is 0 Å². The highest BCUT2D eigenvalue weighted by Gasteiger charge is 2.36. The molecule has 8 heteroatoms. The zero-order valence-electron chi connectivity index (χ0n) is 16.8. The van der Waals surface area contributed by atoms with Gasteiger partial charge < -0.3 is 19.7 Å². The molecule has 0 aromatic heterocycles. The fraction of sp³-hybridized carbons (Fsp3) is 0.318. The summed E-state index contributed by atoms with van der Waals surface area (Å²) in [4.78, 5) is 38.1. The lowest BCUT2D eigenvalue weighted by molar-refractivity contribution is -0.151. The molecule has 0 unspecified atom stereocenters. The van der Waals surface area contributed by atoms with Crippen LogP contribution in [0.1, 0.15) is 20.3 Å². The minimum atomic E-state index is -0.650. The van der Waals surface area contributed by atoms with Crippen molar-refractivity contribution in [2.45, 2.75) is 26.4 Å². The summed E-state index contributed by atoms with van der Waals surface area (Å²) in [5.41, 5.74) is 1.06. The van der Waals surface area contributed by atoms with Crippen LogP contribution in [0, 0.1) is 11.7 Å². The number of nitrogens with zero attached hydrogens (tertiary/aromatic N) is 1. The van der Waals surface area contributed by atoms with Gasteiger partial charge >= 0.3 is 5.97 Å². The van der Waals surface area contributed by atoms with Crippen LogP contribution in [0.2, 0.25) is 0 Å². The number of rotatable bonds is 7. The number of carbonyl (C=O) groups excluding carboxylic acids is 3. The van der Waals surface area contributed by atoms with Crippen LogP contribution in [-0.2, 0) is 19.1 Å². The van der Waals surface area contributed by atoms with Gasteiger partial charge in [-0.05, 0) is 62.4 Å². The number of esters is 1. The van der Waals surface area contributed by atoms with Crippen molar-refractivity contribution in [3.63, 3.8) is 0 Å². The second-order valence-electron chi connectivity index (χ2n) is 7.23. The van der Waals surface area contributed by atoms with E-state index < -0.39 is 30.2 Å². The fourth-order valence-electron chi connectivity index (χ4n) is 3.08. The fourth-order valence-corrected chi connectivity index (χ4v) is 3.08. The topological polar surface area (TPSA) is 84.9 Å². The summed E-state index contributed by atoms with van der Waals surface area (Å²) < 4.78 is 23.5. The van der Waals surface area contributed by atoms with E-state index in [1.165, 1.54) is 29.2 Å². The van der Waals surface area contributed by atoms with Crippen LogP contribution in [0.25, 0.3) is 0 Å². The number of nitrogens with one attached hydrogen (secondary N) is 1. The summed E-state index contributed by atoms with van der Waals surface area (Å²) in [6.45, 7) is 3.55. The number of amides is 2. The van der Waals surface area contributed by atoms with E-state index in [0.717, 1.165) is 0 Å². The van der Waals surface area contributed by atoms with Gasteiger partial charge in [-0.1, -0.05) is 0 Å². The number of anilines is 2. The van der Waals surface area contributed by atoms with Crippen LogP contribution in [0.4, 0.5) is 15.8 Å². The van der Waals surface area contributed by atoms with Crippen molar-refractivity contribution in [3.8, 4) is 5.75 Å². The van der Waals surface area contributed by atoms with Gasteiger partial charge in [0.2, 0.25) is 5.91 Å². The number of ether oxygens (including phenoxy) is 2. The minimum Gasteiger partial charge on any atom is -0.491 e. The standard InChI is InChI=1S/C22H23FN2O5/c1-14(2)30-19-9-7-18(8-10-19)25-12-15(11-21(25)27)22(28)29-13-20(26)24-17-5-3-16(23)4-6-17/h3-10,14-15H,11-13H2,1-2H3,(H,24,26)/t15-/m0/s1. The highest BCUT2D eigenvalue weighted by Crippen LogP contribution is 2.27. The predicted octanol–water partition coefficient (Wildman–Crippen LogP) is 3.15. The Balaban J connectivity index is 1.50. The maximum atomic E-state index is 12.9. The van der Waals surface area contributed by atoms with E-state index in [2.05, 4.69) is 5.32 Å². The Labute approximate surface area is 173 Å². The molecule has 2 aromatic rings. The highest BCUT2D eigenvalue weighted by molar-refractivity contribution is 6.00. The van der Waals surface area contributed by atoms with Crippen molar-refractivity contribution in [3.05, 3.63) is 54.3 Å². The quantitative estimate of drug-likeness (QED) is 0.704. The molecular weight excluding hydrogens is 391 g/mol. The molecule has 1 saturated heterocycles. The van der Waals surface area contributed by atoms with Crippen molar-refractivity contribution in [1.82, 2.24) is 0 Å². The Bertz CT molecular complexity index is 912. The van der Waals surface area contributed by atoms with Crippen molar-refractivity contribution in [1.29, 1.82) is 0 Å².